The van der Waals surface area contributed by atoms with Crippen molar-refractivity contribution in [1.82, 2.24) is 15.2 Å². The molecular formula is C16H21ClN4O. The van der Waals surface area contributed by atoms with E-state index >= 15 is 0 Å². The van der Waals surface area contributed by atoms with E-state index in [9.17, 15) is 0 Å². The van der Waals surface area contributed by atoms with Crippen molar-refractivity contribution in [2.45, 2.75) is 13.1 Å². The van der Waals surface area contributed by atoms with E-state index in [1.807, 2.05) is 36.7 Å². The van der Waals surface area contributed by atoms with Crippen LogP contribution in [0, 0.1) is 0 Å². The molecule has 0 radical (unpaired) electrons. The summed E-state index contributed by atoms with van der Waals surface area (Å²) in [5.41, 5.74) is 1.03. The van der Waals surface area contributed by atoms with E-state index in [-0.39, 0.29) is 0 Å². The monoisotopic (exact) mass is 320 g/mol. The predicted octanol–water partition coefficient (Wildman–Crippen LogP) is 2.52. The summed E-state index contributed by atoms with van der Waals surface area (Å²) in [6, 6.07) is 9.63. The Morgan fingerprint density at radius 1 is 1.27 bits per heavy atom. The fraction of sp³-hybridized carbons (Fsp3) is 0.312. The third-order valence-corrected chi connectivity index (χ3v) is 3.48. The fourth-order valence-electron chi connectivity index (χ4n) is 2.09. The normalized spacial score (nSPS) is 11.3. The Morgan fingerprint density at radius 3 is 2.73 bits per heavy atom. The van der Waals surface area contributed by atoms with Gasteiger partial charge in [0.25, 0.3) is 0 Å². The molecule has 5 nitrogen and oxygen atoms in total. The van der Waals surface area contributed by atoms with E-state index < -0.39 is 0 Å². The second-order valence-electron chi connectivity index (χ2n) is 4.73. The molecule has 22 heavy (non-hydrogen) atoms. The minimum absolute atomic E-state index is 0.615. The minimum atomic E-state index is 0.615. The number of nitrogens with zero attached hydrogens (tertiary/aromatic N) is 2. The molecule has 0 unspecified atom stereocenters. The highest BCUT2D eigenvalue weighted by Gasteiger charge is 2.05. The number of nitrogens with one attached hydrogen (secondary N) is 2. The fourth-order valence-corrected chi connectivity index (χ4v) is 2.25. The van der Waals surface area contributed by atoms with Crippen molar-refractivity contribution < 1.29 is 4.74 Å². The summed E-state index contributed by atoms with van der Waals surface area (Å²) in [5, 5.41) is 7.21. The maximum absolute atomic E-state index is 5.96. The van der Waals surface area contributed by atoms with E-state index in [4.69, 9.17) is 16.3 Å². The molecule has 1 heterocycles. The molecule has 0 saturated heterocycles. The van der Waals surface area contributed by atoms with Crippen LogP contribution >= 0.6 is 11.6 Å². The SMILES string of the molecule is CN=C(NCCn1cccc1)NCc1ccc(Cl)cc1OC. The predicted molar refractivity (Wildman–Crippen MR) is 90.6 cm³/mol. The molecule has 2 aromatic rings. The largest absolute Gasteiger partial charge is 0.496 e. The van der Waals surface area contributed by atoms with Crippen LogP contribution in [-0.4, -0.2) is 31.2 Å². The average molecular weight is 321 g/mol. The molecule has 1 aromatic carbocycles. The third-order valence-electron chi connectivity index (χ3n) is 3.25. The number of ether oxygens (including phenoxy) is 1. The summed E-state index contributed by atoms with van der Waals surface area (Å²) >= 11 is 5.96. The van der Waals surface area contributed by atoms with E-state index in [2.05, 4.69) is 20.2 Å². The first-order valence-electron chi connectivity index (χ1n) is 7.10. The zero-order valence-electron chi connectivity index (χ0n) is 12.8. The number of benzene rings is 1. The Morgan fingerprint density at radius 2 is 2.05 bits per heavy atom. The van der Waals surface area contributed by atoms with Crippen molar-refractivity contribution in [3.05, 3.63) is 53.3 Å². The number of hydrogen-bond acceptors (Lipinski definition) is 2. The molecule has 0 bridgehead atoms. The van der Waals surface area contributed by atoms with Crippen LogP contribution in [0.4, 0.5) is 0 Å². The quantitative estimate of drug-likeness (QED) is 0.635. The van der Waals surface area contributed by atoms with Gasteiger partial charge in [-0.25, -0.2) is 0 Å². The molecule has 0 saturated carbocycles. The van der Waals surface area contributed by atoms with Crippen LogP contribution < -0.4 is 15.4 Å². The average Bonchev–Trinajstić information content (AvgIpc) is 3.04. The van der Waals surface area contributed by atoms with Gasteiger partial charge in [-0.2, -0.15) is 0 Å². The van der Waals surface area contributed by atoms with Crippen LogP contribution in [-0.2, 0) is 13.1 Å². The highest BCUT2D eigenvalue weighted by molar-refractivity contribution is 6.30. The van der Waals surface area contributed by atoms with Crippen LogP contribution in [0.3, 0.4) is 0 Å². The standard InChI is InChI=1S/C16H21ClN4O/c1-18-16(19-7-10-21-8-3-4-9-21)20-12-13-5-6-14(17)11-15(13)22-2/h3-6,8-9,11H,7,10,12H2,1-2H3,(H2,18,19,20). The topological polar surface area (TPSA) is 50.6 Å². The number of methoxy groups -OCH3 is 1. The maximum atomic E-state index is 5.96. The first-order chi connectivity index (χ1) is 10.7. The van der Waals surface area contributed by atoms with E-state index in [1.54, 1.807) is 20.2 Å². The van der Waals surface area contributed by atoms with E-state index in [0.717, 1.165) is 30.4 Å². The van der Waals surface area contributed by atoms with Gasteiger partial charge < -0.3 is 19.9 Å². The highest BCUT2D eigenvalue weighted by atomic mass is 35.5. The first-order valence-corrected chi connectivity index (χ1v) is 7.48. The molecule has 0 amide bonds. The minimum Gasteiger partial charge on any atom is -0.496 e. The van der Waals surface area contributed by atoms with Crippen LogP contribution in [0.5, 0.6) is 5.75 Å². The van der Waals surface area contributed by atoms with Crippen molar-refractivity contribution in [3.63, 3.8) is 0 Å². The summed E-state index contributed by atoms with van der Waals surface area (Å²) < 4.78 is 7.45. The van der Waals surface area contributed by atoms with Gasteiger partial charge in [0.05, 0.1) is 7.11 Å². The van der Waals surface area contributed by atoms with Crippen LogP contribution in [0.15, 0.2) is 47.7 Å². The first kappa shape index (κ1) is 16.2. The smallest absolute Gasteiger partial charge is 0.191 e. The summed E-state index contributed by atoms with van der Waals surface area (Å²) in [4.78, 5) is 4.21. The molecule has 2 N–H and O–H groups in total. The van der Waals surface area contributed by atoms with Crippen molar-refractivity contribution in [3.8, 4) is 5.75 Å². The van der Waals surface area contributed by atoms with Crippen LogP contribution in [0.2, 0.25) is 5.02 Å². The summed E-state index contributed by atoms with van der Waals surface area (Å²) in [6.07, 6.45) is 4.08. The van der Waals surface area contributed by atoms with Gasteiger partial charge in [-0.1, -0.05) is 17.7 Å². The third kappa shape index (κ3) is 4.70. The molecule has 0 spiro atoms. The van der Waals surface area contributed by atoms with E-state index in [0.29, 0.717) is 11.6 Å². The molecular weight excluding hydrogens is 300 g/mol. The van der Waals surface area contributed by atoms with Gasteiger partial charge >= 0.3 is 0 Å². The zero-order chi connectivity index (χ0) is 15.8. The van der Waals surface area contributed by atoms with Gasteiger partial charge in [0.15, 0.2) is 5.96 Å². The zero-order valence-corrected chi connectivity index (χ0v) is 13.6. The van der Waals surface area contributed by atoms with Gasteiger partial charge in [-0.3, -0.25) is 4.99 Å². The Bertz CT molecular complexity index is 611. The highest BCUT2D eigenvalue weighted by Crippen LogP contribution is 2.22. The van der Waals surface area contributed by atoms with Gasteiger partial charge in [-0.15, -0.1) is 0 Å². The molecule has 0 atom stereocenters. The molecule has 0 aliphatic rings. The number of guanidine groups is 1. The number of rotatable bonds is 6. The summed E-state index contributed by atoms with van der Waals surface area (Å²) in [7, 11) is 3.39. The lowest BCUT2D eigenvalue weighted by molar-refractivity contribution is 0.409. The molecule has 6 heteroatoms. The second-order valence-corrected chi connectivity index (χ2v) is 5.17. The Labute approximate surface area is 136 Å². The Kier molecular flexibility index (Phi) is 6.15. The van der Waals surface area contributed by atoms with Gasteiger partial charge in [0, 0.05) is 49.7 Å². The van der Waals surface area contributed by atoms with Crippen LogP contribution in [0.1, 0.15) is 5.56 Å². The summed E-state index contributed by atoms with van der Waals surface area (Å²) in [6.45, 7) is 2.30. The van der Waals surface area contributed by atoms with Crippen molar-refractivity contribution in [2.75, 3.05) is 20.7 Å². The molecule has 118 valence electrons. The van der Waals surface area contributed by atoms with E-state index in [1.165, 1.54) is 0 Å². The van der Waals surface area contributed by atoms with Crippen LogP contribution in [0.25, 0.3) is 0 Å². The summed E-state index contributed by atoms with van der Waals surface area (Å²) in [5.74, 6) is 1.52. The van der Waals surface area contributed by atoms with Crippen molar-refractivity contribution in [1.29, 1.82) is 0 Å². The lowest BCUT2D eigenvalue weighted by Gasteiger charge is -2.14. The lowest BCUT2D eigenvalue weighted by Crippen LogP contribution is -2.38. The van der Waals surface area contributed by atoms with Gasteiger partial charge in [-0.05, 0) is 24.3 Å². The second kappa shape index (κ2) is 8.34. The Hall–Kier alpha value is -2.14. The van der Waals surface area contributed by atoms with Crippen molar-refractivity contribution in [2.24, 2.45) is 4.99 Å². The molecule has 1 aromatic heterocycles. The lowest BCUT2D eigenvalue weighted by atomic mass is 10.2. The molecule has 0 aliphatic heterocycles. The number of aliphatic imine (C=N–C) groups is 1. The van der Waals surface area contributed by atoms with Crippen molar-refractivity contribution >= 4 is 17.6 Å². The number of hydrogen-bond donors (Lipinski definition) is 2. The molecule has 0 aliphatic carbocycles. The van der Waals surface area contributed by atoms with Gasteiger partial charge in [0.1, 0.15) is 5.75 Å². The maximum Gasteiger partial charge on any atom is 0.191 e. The number of aromatic nitrogens is 1. The molecule has 0 fully saturated rings. The molecule has 2 rings (SSSR count). The Balaban J connectivity index is 1.83. The number of halogens is 1. The van der Waals surface area contributed by atoms with Gasteiger partial charge in [0.2, 0.25) is 0 Å².